The van der Waals surface area contributed by atoms with E-state index in [1.54, 1.807) is 11.9 Å². The van der Waals surface area contributed by atoms with Gasteiger partial charge in [0.25, 0.3) is 0 Å². The Balaban J connectivity index is 2.28. The summed E-state index contributed by atoms with van der Waals surface area (Å²) in [6.07, 6.45) is 1.12. The van der Waals surface area contributed by atoms with Crippen molar-refractivity contribution in [3.63, 3.8) is 0 Å². The van der Waals surface area contributed by atoms with E-state index in [0.29, 0.717) is 11.3 Å². The SMILES string of the molecule is COC1=C(O)C=C(O)C2C(=O)c3ccc(O)c(OC)c3N(C)C12. The molecule has 2 unspecified atom stereocenters. The van der Waals surface area contributed by atoms with Gasteiger partial charge in [0.15, 0.2) is 28.8 Å². The average Bonchev–Trinajstić information content (AvgIpc) is 2.51. The second-order valence-corrected chi connectivity index (χ2v) is 5.43. The van der Waals surface area contributed by atoms with Gasteiger partial charge in [-0.3, -0.25) is 4.79 Å². The Bertz CT molecular complexity index is 751. The van der Waals surface area contributed by atoms with Gasteiger partial charge in [-0.25, -0.2) is 0 Å². The van der Waals surface area contributed by atoms with Crippen LogP contribution in [0.5, 0.6) is 11.5 Å². The summed E-state index contributed by atoms with van der Waals surface area (Å²) in [5.74, 6) is -1.49. The molecule has 0 bridgehead atoms. The zero-order chi connectivity index (χ0) is 16.9. The van der Waals surface area contributed by atoms with E-state index in [-0.39, 0.29) is 34.6 Å². The van der Waals surface area contributed by atoms with Crippen molar-refractivity contribution < 1.29 is 29.6 Å². The van der Waals surface area contributed by atoms with Crippen LogP contribution in [0.25, 0.3) is 0 Å². The first kappa shape index (κ1) is 15.1. The molecule has 1 aliphatic heterocycles. The van der Waals surface area contributed by atoms with E-state index in [1.165, 1.54) is 26.4 Å². The molecule has 7 nitrogen and oxygen atoms in total. The molecule has 7 heteroatoms. The van der Waals surface area contributed by atoms with Crippen molar-refractivity contribution in [3.8, 4) is 11.5 Å². The summed E-state index contributed by atoms with van der Waals surface area (Å²) < 4.78 is 10.5. The molecule has 0 saturated heterocycles. The third-order valence-electron chi connectivity index (χ3n) is 4.29. The number of carbonyl (C=O) groups excluding carboxylic acids is 1. The van der Waals surface area contributed by atoms with E-state index in [0.717, 1.165) is 6.08 Å². The van der Waals surface area contributed by atoms with E-state index in [2.05, 4.69) is 0 Å². The minimum Gasteiger partial charge on any atom is -0.511 e. The summed E-state index contributed by atoms with van der Waals surface area (Å²) in [4.78, 5) is 14.5. The summed E-state index contributed by atoms with van der Waals surface area (Å²) in [5, 5.41) is 30.2. The lowest BCUT2D eigenvalue weighted by molar-refractivity contribution is 0.0852. The second kappa shape index (κ2) is 5.12. The van der Waals surface area contributed by atoms with Gasteiger partial charge in [0.1, 0.15) is 17.7 Å². The van der Waals surface area contributed by atoms with Crippen LogP contribution >= 0.6 is 0 Å². The van der Waals surface area contributed by atoms with Crippen LogP contribution in [0, 0.1) is 5.92 Å². The number of benzene rings is 1. The van der Waals surface area contributed by atoms with Crippen LogP contribution in [0.1, 0.15) is 10.4 Å². The number of aliphatic hydroxyl groups is 2. The van der Waals surface area contributed by atoms with Crippen molar-refractivity contribution in [1.29, 1.82) is 0 Å². The maximum absolute atomic E-state index is 12.8. The van der Waals surface area contributed by atoms with E-state index >= 15 is 0 Å². The molecule has 0 saturated carbocycles. The fourth-order valence-electron chi connectivity index (χ4n) is 3.29. The van der Waals surface area contributed by atoms with Crippen molar-refractivity contribution >= 4 is 11.5 Å². The Labute approximate surface area is 132 Å². The predicted molar refractivity (Wildman–Crippen MR) is 82.0 cm³/mol. The molecule has 0 fully saturated rings. The summed E-state index contributed by atoms with van der Waals surface area (Å²) in [5.41, 5.74) is 0.705. The molecule has 2 aliphatic rings. The van der Waals surface area contributed by atoms with Gasteiger partial charge in [0.2, 0.25) is 0 Å². The number of nitrogens with zero attached hydrogens (tertiary/aromatic N) is 1. The number of phenolic OH excluding ortho intramolecular Hbond substituents is 1. The number of hydrogen-bond acceptors (Lipinski definition) is 7. The van der Waals surface area contributed by atoms with Crippen LogP contribution in [0.2, 0.25) is 0 Å². The molecule has 0 radical (unpaired) electrons. The first-order chi connectivity index (χ1) is 10.9. The van der Waals surface area contributed by atoms with Crippen molar-refractivity contribution in [2.75, 3.05) is 26.2 Å². The van der Waals surface area contributed by atoms with E-state index in [4.69, 9.17) is 9.47 Å². The number of ketones is 1. The maximum atomic E-state index is 12.8. The lowest BCUT2D eigenvalue weighted by Crippen LogP contribution is -2.50. The molecular weight excluding hydrogens is 302 g/mol. The molecule has 1 aromatic rings. The van der Waals surface area contributed by atoms with Crippen LogP contribution in [0.15, 0.2) is 35.5 Å². The largest absolute Gasteiger partial charge is 0.511 e. The van der Waals surface area contributed by atoms with Gasteiger partial charge in [-0.05, 0) is 12.1 Å². The molecule has 3 N–H and O–H groups in total. The van der Waals surface area contributed by atoms with Gasteiger partial charge in [0.05, 0.1) is 19.9 Å². The number of aliphatic hydroxyl groups excluding tert-OH is 2. The number of ether oxygens (including phenoxy) is 2. The summed E-state index contributed by atoms with van der Waals surface area (Å²) in [7, 11) is 4.45. The molecule has 0 spiro atoms. The smallest absolute Gasteiger partial charge is 0.184 e. The van der Waals surface area contributed by atoms with Crippen molar-refractivity contribution in [2.45, 2.75) is 6.04 Å². The van der Waals surface area contributed by atoms with Gasteiger partial charge in [-0.15, -0.1) is 0 Å². The highest BCUT2D eigenvalue weighted by Crippen LogP contribution is 2.48. The normalized spacial score (nSPS) is 23.2. The summed E-state index contributed by atoms with van der Waals surface area (Å²) >= 11 is 0. The average molecular weight is 319 g/mol. The van der Waals surface area contributed by atoms with Crippen molar-refractivity contribution in [2.24, 2.45) is 5.92 Å². The Morgan fingerprint density at radius 2 is 1.83 bits per heavy atom. The van der Waals surface area contributed by atoms with Gasteiger partial charge in [-0.2, -0.15) is 0 Å². The number of Topliss-reactive ketones (excluding diaryl/α,β-unsaturated/α-hetero) is 1. The number of phenols is 1. The van der Waals surface area contributed by atoms with Gasteiger partial charge >= 0.3 is 0 Å². The van der Waals surface area contributed by atoms with E-state index < -0.39 is 12.0 Å². The Hall–Kier alpha value is -2.83. The standard InChI is InChI=1S/C16H17NO6/c1-17-12-7(4-5-8(18)15(12)22-2)14(21)11-9(19)6-10(20)16(23-3)13(11)17/h4-6,11,13,18-20H,1-3H3. The fourth-order valence-corrected chi connectivity index (χ4v) is 3.29. The molecule has 0 amide bonds. The molecule has 2 atom stereocenters. The highest BCUT2D eigenvalue weighted by atomic mass is 16.5. The first-order valence-corrected chi connectivity index (χ1v) is 6.97. The second-order valence-electron chi connectivity index (χ2n) is 5.43. The molecule has 3 rings (SSSR count). The number of rotatable bonds is 2. The van der Waals surface area contributed by atoms with Crippen molar-refractivity contribution in [1.82, 2.24) is 0 Å². The third-order valence-corrected chi connectivity index (χ3v) is 4.29. The first-order valence-electron chi connectivity index (χ1n) is 6.97. The van der Waals surface area contributed by atoms with Crippen LogP contribution in [0.3, 0.4) is 0 Å². The zero-order valence-electron chi connectivity index (χ0n) is 12.9. The number of fused-ring (bicyclic) bond motifs is 2. The molecule has 122 valence electrons. The molecule has 1 heterocycles. The number of allylic oxidation sites excluding steroid dienone is 1. The molecule has 1 aliphatic carbocycles. The number of carbonyl (C=O) groups is 1. The van der Waals surface area contributed by atoms with Crippen LogP contribution in [-0.4, -0.2) is 48.4 Å². The summed E-state index contributed by atoms with van der Waals surface area (Å²) in [6.45, 7) is 0. The van der Waals surface area contributed by atoms with E-state index in [1.807, 2.05) is 0 Å². The minimum absolute atomic E-state index is 0.105. The van der Waals surface area contributed by atoms with Crippen molar-refractivity contribution in [3.05, 3.63) is 41.0 Å². The van der Waals surface area contributed by atoms with E-state index in [9.17, 15) is 20.1 Å². The lowest BCUT2D eigenvalue weighted by Gasteiger charge is -2.42. The lowest BCUT2D eigenvalue weighted by atomic mass is 9.79. The number of likely N-dealkylation sites (N-methyl/N-ethyl adjacent to an activating group) is 1. The maximum Gasteiger partial charge on any atom is 0.184 e. The van der Waals surface area contributed by atoms with Gasteiger partial charge in [-0.1, -0.05) is 0 Å². The Kier molecular flexibility index (Phi) is 3.35. The summed E-state index contributed by atoms with van der Waals surface area (Å²) in [6, 6.07) is 2.12. The quantitative estimate of drug-likeness (QED) is 0.765. The highest BCUT2D eigenvalue weighted by molar-refractivity contribution is 6.08. The Morgan fingerprint density at radius 1 is 1.13 bits per heavy atom. The van der Waals surface area contributed by atoms with Crippen LogP contribution < -0.4 is 9.64 Å². The molecule has 23 heavy (non-hydrogen) atoms. The number of hydrogen-bond donors (Lipinski definition) is 3. The molecule has 0 aromatic heterocycles. The number of aromatic hydroxyl groups is 1. The highest BCUT2D eigenvalue weighted by Gasteiger charge is 2.48. The Morgan fingerprint density at radius 3 is 2.43 bits per heavy atom. The molecular formula is C16H17NO6. The van der Waals surface area contributed by atoms with Crippen LogP contribution in [-0.2, 0) is 4.74 Å². The molecule has 1 aromatic carbocycles. The number of anilines is 1. The zero-order valence-corrected chi connectivity index (χ0v) is 12.9. The van der Waals surface area contributed by atoms with Crippen LogP contribution in [0.4, 0.5) is 5.69 Å². The number of methoxy groups -OCH3 is 2. The predicted octanol–water partition coefficient (Wildman–Crippen LogP) is 1.89. The third kappa shape index (κ3) is 1.93. The fraction of sp³-hybridized carbons (Fsp3) is 0.312. The minimum atomic E-state index is -0.896. The monoisotopic (exact) mass is 319 g/mol. The van der Waals surface area contributed by atoms with Gasteiger partial charge < -0.3 is 29.7 Å². The van der Waals surface area contributed by atoms with Gasteiger partial charge in [0, 0.05) is 18.7 Å². The topological polar surface area (TPSA) is 99.5 Å².